The molecule has 4 rings (SSSR count). The number of ketones is 1. The van der Waals surface area contributed by atoms with E-state index in [-0.39, 0.29) is 5.41 Å². The predicted octanol–water partition coefficient (Wildman–Crippen LogP) is 5.07. The van der Waals surface area contributed by atoms with Crippen LogP contribution in [0.25, 0.3) is 0 Å². The Morgan fingerprint density at radius 1 is 1.29 bits per heavy atom. The zero-order valence-corrected chi connectivity index (χ0v) is 13.4. The normalized spacial score (nSPS) is 45.7. The van der Waals surface area contributed by atoms with Gasteiger partial charge < -0.3 is 0 Å². The van der Waals surface area contributed by atoms with Crippen LogP contribution in [-0.2, 0) is 4.79 Å². The highest BCUT2D eigenvalue weighted by molar-refractivity contribution is 6.02. The Kier molecular flexibility index (Phi) is 3.17. The minimum absolute atomic E-state index is 0.0197. The molecule has 3 saturated carbocycles. The van der Waals surface area contributed by atoms with Gasteiger partial charge in [-0.2, -0.15) is 0 Å². The maximum Gasteiger partial charge on any atom is 0.164 e. The molecule has 1 heteroatoms. The van der Waals surface area contributed by atoms with Crippen LogP contribution in [0.4, 0.5) is 0 Å². The smallest absolute Gasteiger partial charge is 0.164 e. The minimum atomic E-state index is -0.0197. The number of rotatable bonds is 1. The van der Waals surface area contributed by atoms with Crippen LogP contribution in [0.2, 0.25) is 0 Å². The lowest BCUT2D eigenvalue weighted by molar-refractivity contribution is -0.130. The second-order valence-electron chi connectivity index (χ2n) is 7.97. The van der Waals surface area contributed by atoms with Crippen LogP contribution in [0.5, 0.6) is 0 Å². The molecule has 0 heterocycles. The Bertz CT molecular complexity index is 514. The summed E-state index contributed by atoms with van der Waals surface area (Å²) in [4.78, 5) is 12.7. The molecule has 21 heavy (non-hydrogen) atoms. The number of hydrogen-bond acceptors (Lipinski definition) is 1. The second kappa shape index (κ2) is 4.83. The number of allylic oxidation sites excluding steroid dienone is 3. The Hall–Kier alpha value is -0.850. The van der Waals surface area contributed by atoms with Crippen molar-refractivity contribution in [3.63, 3.8) is 0 Å². The Morgan fingerprint density at radius 3 is 2.95 bits per heavy atom. The molecule has 114 valence electrons. The van der Waals surface area contributed by atoms with Crippen LogP contribution >= 0.6 is 0 Å². The quantitative estimate of drug-likeness (QED) is 0.485. The molecule has 5 atom stereocenters. The van der Waals surface area contributed by atoms with E-state index in [9.17, 15) is 4.79 Å². The SMILES string of the molecule is C=C1C[C@H]2[C@@H]3CCC4=CCCC[C@@H]4[C@H]3CC[C@]2(CC)C1=O. The molecule has 0 aromatic heterocycles. The van der Waals surface area contributed by atoms with Gasteiger partial charge in [0.2, 0.25) is 0 Å². The maximum atomic E-state index is 12.7. The van der Waals surface area contributed by atoms with Gasteiger partial charge in [-0.15, -0.1) is 0 Å². The lowest BCUT2D eigenvalue weighted by atomic mass is 9.51. The number of fused-ring (bicyclic) bond motifs is 5. The fourth-order valence-electron chi connectivity index (χ4n) is 6.46. The molecule has 4 aliphatic carbocycles. The van der Waals surface area contributed by atoms with Crippen LogP contribution in [0.15, 0.2) is 23.8 Å². The first-order valence-electron chi connectivity index (χ1n) is 9.09. The van der Waals surface area contributed by atoms with E-state index in [0.29, 0.717) is 11.7 Å². The topological polar surface area (TPSA) is 17.1 Å². The minimum Gasteiger partial charge on any atom is -0.294 e. The first kappa shape index (κ1) is 13.8. The molecule has 0 bridgehead atoms. The van der Waals surface area contributed by atoms with Crippen molar-refractivity contribution in [2.75, 3.05) is 0 Å². The van der Waals surface area contributed by atoms with Gasteiger partial charge in [-0.3, -0.25) is 4.79 Å². The lowest BCUT2D eigenvalue weighted by Gasteiger charge is -2.52. The third-order valence-electron chi connectivity index (χ3n) is 7.46. The summed E-state index contributed by atoms with van der Waals surface area (Å²) in [7, 11) is 0. The van der Waals surface area contributed by atoms with Gasteiger partial charge in [-0.05, 0) is 87.0 Å². The highest BCUT2D eigenvalue weighted by atomic mass is 16.1. The number of Topliss-reactive ketones (excluding diaryl/α,β-unsaturated/α-hetero) is 1. The first-order valence-corrected chi connectivity index (χ1v) is 9.09. The molecule has 4 aliphatic rings. The van der Waals surface area contributed by atoms with E-state index in [2.05, 4.69) is 19.6 Å². The van der Waals surface area contributed by atoms with Gasteiger partial charge in [0, 0.05) is 5.41 Å². The molecule has 1 nitrogen and oxygen atoms in total. The van der Waals surface area contributed by atoms with Crippen molar-refractivity contribution < 1.29 is 4.79 Å². The molecule has 3 fully saturated rings. The summed E-state index contributed by atoms with van der Waals surface area (Å²) in [5.74, 6) is 3.57. The molecule has 0 saturated heterocycles. The van der Waals surface area contributed by atoms with Gasteiger partial charge in [0.1, 0.15) is 0 Å². The maximum absolute atomic E-state index is 12.7. The summed E-state index contributed by atoms with van der Waals surface area (Å²) in [5.41, 5.74) is 2.69. The van der Waals surface area contributed by atoms with Crippen molar-refractivity contribution in [1.82, 2.24) is 0 Å². The molecule has 0 aromatic carbocycles. The van der Waals surface area contributed by atoms with Crippen LogP contribution in [0.3, 0.4) is 0 Å². The fraction of sp³-hybridized carbons (Fsp3) is 0.750. The molecule has 0 radical (unpaired) electrons. The predicted molar refractivity (Wildman–Crippen MR) is 85.9 cm³/mol. The van der Waals surface area contributed by atoms with Crippen molar-refractivity contribution in [3.8, 4) is 0 Å². The average molecular weight is 284 g/mol. The average Bonchev–Trinajstić information content (AvgIpc) is 2.79. The molecule has 0 unspecified atom stereocenters. The van der Waals surface area contributed by atoms with Gasteiger partial charge >= 0.3 is 0 Å². The van der Waals surface area contributed by atoms with E-state index < -0.39 is 0 Å². The first-order chi connectivity index (χ1) is 10.2. The number of hydrogen-bond donors (Lipinski definition) is 0. The number of carbonyl (C=O) groups is 1. The van der Waals surface area contributed by atoms with E-state index >= 15 is 0 Å². The Balaban J connectivity index is 1.68. The van der Waals surface area contributed by atoms with E-state index in [1.54, 1.807) is 5.57 Å². The molecule has 0 N–H and O–H groups in total. The van der Waals surface area contributed by atoms with E-state index in [1.807, 2.05) is 0 Å². The fourth-order valence-corrected chi connectivity index (χ4v) is 6.46. The van der Waals surface area contributed by atoms with Crippen molar-refractivity contribution in [1.29, 1.82) is 0 Å². The van der Waals surface area contributed by atoms with E-state index in [1.165, 1.54) is 38.5 Å². The Labute approximate surface area is 128 Å². The third-order valence-corrected chi connectivity index (χ3v) is 7.46. The molecule has 0 aromatic rings. The number of carbonyl (C=O) groups excluding carboxylic acids is 1. The molecular weight excluding hydrogens is 256 g/mol. The summed E-state index contributed by atoms with van der Waals surface area (Å²) in [6.07, 6.45) is 13.7. The highest BCUT2D eigenvalue weighted by Gasteiger charge is 2.58. The molecule has 0 spiro atoms. The van der Waals surface area contributed by atoms with Crippen molar-refractivity contribution in [3.05, 3.63) is 23.8 Å². The van der Waals surface area contributed by atoms with Gasteiger partial charge in [0.25, 0.3) is 0 Å². The van der Waals surface area contributed by atoms with Gasteiger partial charge in [-0.1, -0.05) is 25.2 Å². The zero-order valence-electron chi connectivity index (χ0n) is 13.4. The largest absolute Gasteiger partial charge is 0.294 e. The second-order valence-corrected chi connectivity index (χ2v) is 7.97. The molecular formula is C20H28O. The van der Waals surface area contributed by atoms with Crippen molar-refractivity contribution >= 4 is 5.78 Å². The highest BCUT2D eigenvalue weighted by Crippen LogP contribution is 2.62. The monoisotopic (exact) mass is 284 g/mol. The summed E-state index contributed by atoms with van der Waals surface area (Å²) in [6, 6.07) is 0. The summed E-state index contributed by atoms with van der Waals surface area (Å²) < 4.78 is 0. The van der Waals surface area contributed by atoms with E-state index in [0.717, 1.165) is 42.6 Å². The summed E-state index contributed by atoms with van der Waals surface area (Å²) >= 11 is 0. The molecule has 0 aliphatic heterocycles. The zero-order chi connectivity index (χ0) is 14.6. The third kappa shape index (κ3) is 1.79. The van der Waals surface area contributed by atoms with E-state index in [4.69, 9.17) is 0 Å². The Morgan fingerprint density at radius 2 is 2.14 bits per heavy atom. The van der Waals surface area contributed by atoms with Crippen LogP contribution in [0.1, 0.15) is 64.7 Å². The van der Waals surface area contributed by atoms with Gasteiger partial charge in [0.05, 0.1) is 0 Å². The molecule has 0 amide bonds. The van der Waals surface area contributed by atoms with Gasteiger partial charge in [0.15, 0.2) is 5.78 Å². The van der Waals surface area contributed by atoms with Gasteiger partial charge in [-0.25, -0.2) is 0 Å². The summed E-state index contributed by atoms with van der Waals surface area (Å²) in [5, 5.41) is 0. The lowest BCUT2D eigenvalue weighted by Crippen LogP contribution is -2.47. The van der Waals surface area contributed by atoms with Crippen molar-refractivity contribution in [2.24, 2.45) is 29.1 Å². The van der Waals surface area contributed by atoms with Crippen LogP contribution in [0, 0.1) is 29.1 Å². The standard InChI is InChI=1S/C20H28O/c1-3-20-11-10-16-15-7-5-4-6-14(15)8-9-17(16)18(20)12-13(2)19(20)21/h6,15-18H,2-5,7-12H2,1H3/t15-,16+,17+,18-,20-/m0/s1. The van der Waals surface area contributed by atoms with Crippen molar-refractivity contribution in [2.45, 2.75) is 64.7 Å². The summed E-state index contributed by atoms with van der Waals surface area (Å²) in [6.45, 7) is 6.35. The van der Waals surface area contributed by atoms with Crippen LogP contribution in [-0.4, -0.2) is 5.78 Å². The van der Waals surface area contributed by atoms with Crippen LogP contribution < -0.4 is 0 Å².